The number of amides is 2. The third-order valence-corrected chi connectivity index (χ3v) is 7.53. The van der Waals surface area contributed by atoms with Gasteiger partial charge in [-0.1, -0.05) is 0 Å². The first-order chi connectivity index (χ1) is 16.5. The first-order valence-corrected chi connectivity index (χ1v) is 12.2. The molecule has 0 radical (unpaired) electrons. The van der Waals surface area contributed by atoms with E-state index in [0.29, 0.717) is 29.2 Å². The molecule has 3 aliphatic carbocycles. The Bertz CT molecular complexity index is 1180. The second-order valence-corrected chi connectivity index (χ2v) is 10.2. The minimum absolute atomic E-state index is 0.0234. The van der Waals surface area contributed by atoms with E-state index in [9.17, 15) is 9.59 Å². The van der Waals surface area contributed by atoms with E-state index in [2.05, 4.69) is 5.32 Å². The number of hydrogen-bond donors (Lipinski definition) is 1. The topological polar surface area (TPSA) is 85.2 Å². The number of ether oxygens (including phenoxy) is 2. The predicted molar refractivity (Wildman–Crippen MR) is 125 cm³/mol. The highest BCUT2D eigenvalue weighted by atomic mass is 16.5. The molecule has 0 atom stereocenters. The number of imidazole rings is 1. The summed E-state index contributed by atoms with van der Waals surface area (Å²) in [6.45, 7) is 2.55. The SMILES string of the molecule is C/C(=C\C=C/N(C=O)C1CC1)NC(=O)c1cn2cc(C34COC(C3)C4)nc2cc1OC1CCC1. The molecule has 2 saturated heterocycles. The molecule has 5 fully saturated rings. The van der Waals surface area contributed by atoms with Crippen LogP contribution in [0.1, 0.15) is 67.9 Å². The highest BCUT2D eigenvalue weighted by Crippen LogP contribution is 2.51. The fraction of sp³-hybridized carbons (Fsp3) is 0.500. The number of hydrogen-bond acceptors (Lipinski definition) is 5. The van der Waals surface area contributed by atoms with Crippen molar-refractivity contribution in [2.45, 2.75) is 75.5 Å². The molecular weight excluding hydrogens is 432 g/mol. The van der Waals surface area contributed by atoms with Gasteiger partial charge in [0.2, 0.25) is 6.41 Å². The van der Waals surface area contributed by atoms with Gasteiger partial charge < -0.3 is 24.1 Å². The predicted octanol–water partition coefficient (Wildman–Crippen LogP) is 3.46. The number of allylic oxidation sites excluding steroid dienone is 3. The van der Waals surface area contributed by atoms with Crippen molar-refractivity contribution in [1.29, 1.82) is 0 Å². The molecule has 3 saturated carbocycles. The van der Waals surface area contributed by atoms with Crippen molar-refractivity contribution in [3.63, 3.8) is 0 Å². The standard InChI is InChI=1S/C26H30N4O4/c1-17(4-3-9-29(16-31)18-7-8-18)27-25(32)21-13-30-14-23(26-11-20(12-26)33-15-26)28-24(30)10-22(21)34-19-5-2-6-19/h3-4,9-10,13-14,16,18-20H,2,5-8,11-12,15H2,1H3,(H,27,32)/b9-3-,17-4+. The highest BCUT2D eigenvalue weighted by Gasteiger charge is 2.54. The van der Waals surface area contributed by atoms with Crippen molar-refractivity contribution >= 4 is 18.0 Å². The quantitative estimate of drug-likeness (QED) is 0.456. The van der Waals surface area contributed by atoms with Gasteiger partial charge in [0, 0.05) is 41.8 Å². The second kappa shape index (κ2) is 8.27. The normalized spacial score (nSPS) is 26.4. The van der Waals surface area contributed by atoms with E-state index >= 15 is 0 Å². The molecule has 5 aliphatic rings. The Balaban J connectivity index is 1.24. The minimum atomic E-state index is -0.228. The second-order valence-electron chi connectivity index (χ2n) is 10.2. The van der Waals surface area contributed by atoms with Crippen LogP contribution in [-0.2, 0) is 14.9 Å². The van der Waals surface area contributed by atoms with E-state index in [1.165, 1.54) is 0 Å². The van der Waals surface area contributed by atoms with Crippen LogP contribution in [0.5, 0.6) is 5.75 Å². The van der Waals surface area contributed by atoms with Gasteiger partial charge in [0.05, 0.1) is 30.1 Å². The average Bonchev–Trinajstić information content (AvgIpc) is 3.19. The zero-order valence-corrected chi connectivity index (χ0v) is 19.4. The Labute approximate surface area is 198 Å². The Hall–Kier alpha value is -3.13. The molecule has 34 heavy (non-hydrogen) atoms. The van der Waals surface area contributed by atoms with Crippen LogP contribution in [0, 0.1) is 0 Å². The summed E-state index contributed by atoms with van der Waals surface area (Å²) in [7, 11) is 0. The average molecular weight is 463 g/mol. The summed E-state index contributed by atoms with van der Waals surface area (Å²) in [5.41, 5.74) is 3.01. The fourth-order valence-electron chi connectivity index (χ4n) is 5.01. The first kappa shape index (κ1) is 21.4. The number of nitrogens with one attached hydrogen (secondary N) is 1. The molecule has 1 N–H and O–H groups in total. The lowest BCUT2D eigenvalue weighted by Gasteiger charge is -2.33. The summed E-state index contributed by atoms with van der Waals surface area (Å²) in [5.74, 6) is 0.344. The van der Waals surface area contributed by atoms with Gasteiger partial charge in [-0.15, -0.1) is 0 Å². The molecule has 7 rings (SSSR count). The van der Waals surface area contributed by atoms with Crippen molar-refractivity contribution in [3.8, 4) is 5.75 Å². The van der Waals surface area contributed by atoms with Gasteiger partial charge >= 0.3 is 0 Å². The lowest BCUT2D eigenvalue weighted by molar-refractivity contribution is -0.116. The zero-order chi connectivity index (χ0) is 23.3. The van der Waals surface area contributed by atoms with Gasteiger partial charge in [-0.25, -0.2) is 4.98 Å². The zero-order valence-electron chi connectivity index (χ0n) is 19.4. The van der Waals surface area contributed by atoms with E-state index in [0.717, 1.165) is 69.3 Å². The summed E-state index contributed by atoms with van der Waals surface area (Å²) >= 11 is 0. The van der Waals surface area contributed by atoms with E-state index < -0.39 is 0 Å². The molecule has 2 aromatic rings. The lowest BCUT2D eigenvalue weighted by atomic mass is 9.68. The molecule has 8 heteroatoms. The van der Waals surface area contributed by atoms with E-state index in [4.69, 9.17) is 14.5 Å². The van der Waals surface area contributed by atoms with Crippen LogP contribution >= 0.6 is 0 Å². The van der Waals surface area contributed by atoms with E-state index in [1.54, 1.807) is 23.3 Å². The molecule has 2 aromatic heterocycles. The van der Waals surface area contributed by atoms with Gasteiger partial charge in [-0.2, -0.15) is 0 Å². The summed E-state index contributed by atoms with van der Waals surface area (Å²) in [6, 6.07) is 2.20. The maximum absolute atomic E-state index is 13.2. The number of carbonyl (C=O) groups excluding carboxylic acids is 2. The smallest absolute Gasteiger partial charge is 0.260 e. The molecular formula is C26H30N4O4. The molecule has 2 aliphatic heterocycles. The summed E-state index contributed by atoms with van der Waals surface area (Å²) in [6.07, 6.45) is 17.8. The molecule has 2 amide bonds. The molecule has 2 bridgehead atoms. The molecule has 4 heterocycles. The Morgan fingerprint density at radius 1 is 1.29 bits per heavy atom. The van der Waals surface area contributed by atoms with Crippen molar-refractivity contribution < 1.29 is 19.1 Å². The summed E-state index contributed by atoms with van der Waals surface area (Å²) in [5, 5.41) is 2.95. The molecule has 178 valence electrons. The first-order valence-electron chi connectivity index (χ1n) is 12.2. The number of carbonyl (C=O) groups is 2. The van der Waals surface area contributed by atoms with Gasteiger partial charge in [0.15, 0.2) is 0 Å². The third-order valence-electron chi connectivity index (χ3n) is 7.53. The largest absolute Gasteiger partial charge is 0.489 e. The highest BCUT2D eigenvalue weighted by molar-refractivity contribution is 5.98. The molecule has 0 unspecified atom stereocenters. The van der Waals surface area contributed by atoms with Crippen LogP contribution in [-0.4, -0.2) is 51.5 Å². The molecule has 0 aromatic carbocycles. The Morgan fingerprint density at radius 3 is 2.76 bits per heavy atom. The van der Waals surface area contributed by atoms with Crippen LogP contribution < -0.4 is 10.1 Å². The molecule has 0 spiro atoms. The lowest BCUT2D eigenvalue weighted by Crippen LogP contribution is -2.37. The van der Waals surface area contributed by atoms with Crippen LogP contribution in [0.2, 0.25) is 0 Å². The maximum Gasteiger partial charge on any atom is 0.260 e. The third kappa shape index (κ3) is 3.90. The number of fused-ring (bicyclic) bond motifs is 2. The maximum atomic E-state index is 13.2. The monoisotopic (exact) mass is 462 g/mol. The summed E-state index contributed by atoms with van der Waals surface area (Å²) in [4.78, 5) is 30.9. The Morgan fingerprint density at radius 2 is 2.12 bits per heavy atom. The molecule has 8 nitrogen and oxygen atoms in total. The number of pyridine rings is 1. The van der Waals surface area contributed by atoms with Crippen LogP contribution in [0.4, 0.5) is 0 Å². The van der Waals surface area contributed by atoms with Crippen LogP contribution in [0.15, 0.2) is 42.5 Å². The van der Waals surface area contributed by atoms with E-state index in [1.807, 2.05) is 29.8 Å². The summed E-state index contributed by atoms with van der Waals surface area (Å²) < 4.78 is 13.9. The van der Waals surface area contributed by atoms with Crippen LogP contribution in [0.3, 0.4) is 0 Å². The number of nitrogens with zero attached hydrogens (tertiary/aromatic N) is 3. The van der Waals surface area contributed by atoms with Gasteiger partial charge in [-0.05, 0) is 64.0 Å². The minimum Gasteiger partial charge on any atom is -0.489 e. The van der Waals surface area contributed by atoms with E-state index in [-0.39, 0.29) is 17.4 Å². The van der Waals surface area contributed by atoms with Crippen molar-refractivity contribution in [1.82, 2.24) is 19.6 Å². The van der Waals surface area contributed by atoms with Gasteiger partial charge in [-0.3, -0.25) is 9.59 Å². The number of aromatic nitrogens is 2. The Kier molecular flexibility index (Phi) is 5.21. The number of rotatable bonds is 9. The van der Waals surface area contributed by atoms with Crippen molar-refractivity contribution in [2.24, 2.45) is 0 Å². The van der Waals surface area contributed by atoms with Gasteiger partial charge in [0.25, 0.3) is 5.91 Å². The van der Waals surface area contributed by atoms with Crippen LogP contribution in [0.25, 0.3) is 5.65 Å². The van der Waals surface area contributed by atoms with Gasteiger partial charge in [0.1, 0.15) is 11.4 Å². The fourth-order valence-corrected chi connectivity index (χ4v) is 5.01. The van der Waals surface area contributed by atoms with Crippen molar-refractivity contribution in [2.75, 3.05) is 6.61 Å². The van der Waals surface area contributed by atoms with Crippen molar-refractivity contribution in [3.05, 3.63) is 53.8 Å².